The maximum atomic E-state index is 13.4. The van der Waals surface area contributed by atoms with E-state index in [0.29, 0.717) is 22.4 Å². The smallest absolute Gasteiger partial charge is 0.190 e. The Morgan fingerprint density at radius 2 is 1.75 bits per heavy atom. The molecule has 188 valence electrons. The van der Waals surface area contributed by atoms with Gasteiger partial charge in [-0.3, -0.25) is 4.79 Å². The zero-order valence-corrected chi connectivity index (χ0v) is 19.8. The first-order valence-electron chi connectivity index (χ1n) is 12.7. The number of fused-ring (bicyclic) bond motifs is 3. The van der Waals surface area contributed by atoms with E-state index in [4.69, 9.17) is 23.8 Å². The average Bonchev–Trinajstić information content (AvgIpc) is 3.79. The number of hydrogen-bond acceptors (Lipinski definition) is 9. The van der Waals surface area contributed by atoms with Crippen LogP contribution in [0.15, 0.2) is 58.5 Å². The lowest BCUT2D eigenvalue weighted by atomic mass is 9.45. The number of Topliss-reactive ketones (excluding diaryl/α,β-unsaturated/α-hetero) is 1. The molecular formula is C27H27NO8. The highest BCUT2D eigenvalue weighted by Gasteiger charge is 2.78. The predicted octanol–water partition coefficient (Wildman–Crippen LogP) is 1.03. The fraction of sp³-hybridized carbons (Fsp3) is 0.556. The van der Waals surface area contributed by atoms with Gasteiger partial charge in [0.2, 0.25) is 0 Å². The van der Waals surface area contributed by atoms with Crippen LogP contribution in [-0.4, -0.2) is 76.6 Å². The van der Waals surface area contributed by atoms with Gasteiger partial charge in [0.1, 0.15) is 48.9 Å². The van der Waals surface area contributed by atoms with E-state index in [0.717, 1.165) is 5.56 Å². The lowest BCUT2D eigenvalue weighted by Gasteiger charge is -2.64. The Balaban J connectivity index is 1.31. The van der Waals surface area contributed by atoms with Crippen molar-refractivity contribution in [1.29, 1.82) is 0 Å². The number of carbonyl (C=O) groups is 1. The number of epoxide rings is 2. The molecule has 12 atom stereocenters. The summed E-state index contributed by atoms with van der Waals surface area (Å²) >= 11 is 0. The summed E-state index contributed by atoms with van der Waals surface area (Å²) in [6.07, 6.45) is -3.61. The number of nitrogens with zero attached hydrogens (tertiary/aromatic N) is 1. The third-order valence-electron chi connectivity index (χ3n) is 9.27. The van der Waals surface area contributed by atoms with Crippen LogP contribution in [0.1, 0.15) is 19.4 Å². The molecule has 9 nitrogen and oxygen atoms in total. The van der Waals surface area contributed by atoms with Crippen LogP contribution in [0.4, 0.5) is 0 Å². The van der Waals surface area contributed by atoms with Crippen LogP contribution in [0.25, 0.3) is 0 Å². The normalized spacial score (nSPS) is 50.2. The molecule has 4 fully saturated rings. The molecule has 5 aliphatic heterocycles. The van der Waals surface area contributed by atoms with Gasteiger partial charge in [-0.25, -0.2) is 0 Å². The molecule has 1 saturated carbocycles. The summed E-state index contributed by atoms with van der Waals surface area (Å²) in [5.74, 6) is -0.701. The molecule has 0 amide bonds. The highest BCUT2D eigenvalue weighted by molar-refractivity contribution is 6.07. The Labute approximate surface area is 207 Å². The summed E-state index contributed by atoms with van der Waals surface area (Å²) in [5, 5.41) is 27.3. The Hall–Kier alpha value is -2.56. The molecule has 2 bridgehead atoms. The Morgan fingerprint density at radius 1 is 1.00 bits per heavy atom. The Morgan fingerprint density at radius 3 is 2.56 bits per heavy atom. The molecule has 3 saturated heterocycles. The minimum atomic E-state index is -0.968. The minimum absolute atomic E-state index is 0.0701. The quantitative estimate of drug-likeness (QED) is 0.473. The van der Waals surface area contributed by atoms with Crippen LogP contribution in [0.3, 0.4) is 0 Å². The number of hydrogen-bond donors (Lipinski definition) is 2. The van der Waals surface area contributed by atoms with Crippen molar-refractivity contribution in [2.45, 2.75) is 75.4 Å². The minimum Gasteiger partial charge on any atom is -0.498 e. The van der Waals surface area contributed by atoms with Gasteiger partial charge in [-0.05, 0) is 25.0 Å². The van der Waals surface area contributed by atoms with E-state index in [1.807, 2.05) is 44.2 Å². The second-order valence-electron chi connectivity index (χ2n) is 11.0. The van der Waals surface area contributed by atoms with Gasteiger partial charge >= 0.3 is 0 Å². The molecule has 1 spiro atoms. The van der Waals surface area contributed by atoms with Gasteiger partial charge in [0, 0.05) is 23.0 Å². The second kappa shape index (κ2) is 7.05. The van der Waals surface area contributed by atoms with Crippen LogP contribution in [0, 0.1) is 17.3 Å². The summed E-state index contributed by atoms with van der Waals surface area (Å²) in [6, 6.07) is 9.75. The molecule has 9 heteroatoms. The topological polar surface area (TPSA) is 123 Å². The van der Waals surface area contributed by atoms with Gasteiger partial charge in [0.25, 0.3) is 0 Å². The summed E-state index contributed by atoms with van der Waals surface area (Å²) in [6.45, 7) is 4.20. The van der Waals surface area contributed by atoms with E-state index < -0.39 is 48.1 Å². The molecule has 3 aliphatic carbocycles. The van der Waals surface area contributed by atoms with E-state index in [-0.39, 0.29) is 36.4 Å². The molecule has 8 aliphatic rings. The van der Waals surface area contributed by atoms with Gasteiger partial charge in [0.05, 0.1) is 30.0 Å². The summed E-state index contributed by atoms with van der Waals surface area (Å²) < 4.78 is 24.2. The van der Waals surface area contributed by atoms with Crippen molar-refractivity contribution in [2.75, 3.05) is 0 Å². The summed E-state index contributed by atoms with van der Waals surface area (Å²) in [5.41, 5.74) is 2.41. The van der Waals surface area contributed by atoms with Crippen molar-refractivity contribution >= 4 is 11.5 Å². The highest BCUT2D eigenvalue weighted by Crippen LogP contribution is 2.68. The molecule has 0 unspecified atom stereocenters. The summed E-state index contributed by atoms with van der Waals surface area (Å²) in [7, 11) is 0. The highest BCUT2D eigenvalue weighted by atomic mass is 16.6. The molecular weight excluding hydrogens is 466 g/mol. The number of carbonyl (C=O) groups excluding carboxylic acids is 1. The molecule has 36 heavy (non-hydrogen) atoms. The molecule has 5 heterocycles. The first-order chi connectivity index (χ1) is 17.4. The molecule has 0 aromatic heterocycles. The van der Waals surface area contributed by atoms with Crippen molar-refractivity contribution in [1.82, 2.24) is 0 Å². The van der Waals surface area contributed by atoms with Crippen LogP contribution in [0.5, 0.6) is 0 Å². The van der Waals surface area contributed by atoms with Gasteiger partial charge < -0.3 is 34.0 Å². The van der Waals surface area contributed by atoms with Crippen molar-refractivity contribution < 1.29 is 38.8 Å². The third kappa shape index (κ3) is 2.48. The fourth-order valence-electron chi connectivity index (χ4n) is 7.76. The molecule has 2 N–H and O–H groups in total. The Kier molecular flexibility index (Phi) is 4.21. The lowest BCUT2D eigenvalue weighted by molar-refractivity contribution is -0.187. The Bertz CT molecular complexity index is 1260. The number of oxime groups is 1. The molecule has 9 rings (SSSR count). The van der Waals surface area contributed by atoms with Crippen molar-refractivity contribution in [2.24, 2.45) is 22.4 Å². The second-order valence-corrected chi connectivity index (χ2v) is 11.0. The van der Waals surface area contributed by atoms with Gasteiger partial charge in [-0.2, -0.15) is 0 Å². The van der Waals surface area contributed by atoms with Gasteiger partial charge in [0.15, 0.2) is 5.78 Å². The van der Waals surface area contributed by atoms with Crippen LogP contribution >= 0.6 is 0 Å². The fourth-order valence-corrected chi connectivity index (χ4v) is 7.76. The zero-order valence-electron chi connectivity index (χ0n) is 19.8. The number of aliphatic hydroxyl groups is 2. The SMILES string of the molecule is C[C@@H]1O[C@H]2C3=C(C(=O)[C@H]4O[C@@H]4[C@H]3O)[C@@H]1[C@@H]1[C@@H](C)OC=C3[C@H](O)[C@H]4O[C@@H]4/C(=N\OCc4ccccc4)[C@]312. The van der Waals surface area contributed by atoms with Crippen LogP contribution in [0.2, 0.25) is 0 Å². The zero-order chi connectivity index (χ0) is 24.5. The maximum absolute atomic E-state index is 13.4. The molecule has 1 aromatic rings. The molecule has 0 radical (unpaired) electrons. The number of ether oxygens (including phenoxy) is 4. The monoisotopic (exact) mass is 493 g/mol. The van der Waals surface area contributed by atoms with E-state index in [9.17, 15) is 15.0 Å². The van der Waals surface area contributed by atoms with Gasteiger partial charge in [-0.15, -0.1) is 0 Å². The predicted molar refractivity (Wildman–Crippen MR) is 122 cm³/mol. The number of benzene rings is 1. The maximum Gasteiger partial charge on any atom is 0.190 e. The summed E-state index contributed by atoms with van der Waals surface area (Å²) in [4.78, 5) is 19.3. The average molecular weight is 494 g/mol. The standard InChI is InChI=1S/C27H27NO8/c1-10-14-15-16(20(31)23-22(35-23)19(15)30)26(34-10)27-13(9-32-11(2)17(14)27)18(29)21-24(36-21)25(27)28-33-8-12-6-4-3-5-7-12/h3-7,9-11,14,17-18,20-24,26,29,31H,8H2,1-2H3/b28-25+/t10-,11+,14+,17-,18-,20-,21+,22+,23+,24-,26-,27-/m0/s1. The van der Waals surface area contributed by atoms with Crippen LogP contribution in [-0.2, 0) is 35.2 Å². The molecule has 1 aromatic carbocycles. The third-order valence-corrected chi connectivity index (χ3v) is 9.27. The van der Waals surface area contributed by atoms with Gasteiger partial charge in [-0.1, -0.05) is 35.5 Å². The number of rotatable bonds is 3. The first-order valence-corrected chi connectivity index (χ1v) is 12.7. The lowest BCUT2D eigenvalue weighted by Crippen LogP contribution is -2.72. The van der Waals surface area contributed by atoms with E-state index in [1.165, 1.54) is 0 Å². The largest absolute Gasteiger partial charge is 0.498 e. The first kappa shape index (κ1) is 21.5. The van der Waals surface area contributed by atoms with E-state index in [2.05, 4.69) is 5.16 Å². The van der Waals surface area contributed by atoms with E-state index >= 15 is 0 Å². The van der Waals surface area contributed by atoms with E-state index in [1.54, 1.807) is 6.26 Å². The number of ketones is 1. The van der Waals surface area contributed by atoms with Crippen molar-refractivity contribution in [3.05, 3.63) is 58.9 Å². The van der Waals surface area contributed by atoms with Crippen molar-refractivity contribution in [3.63, 3.8) is 0 Å². The van der Waals surface area contributed by atoms with Crippen molar-refractivity contribution in [3.8, 4) is 0 Å². The van der Waals surface area contributed by atoms with Crippen LogP contribution < -0.4 is 0 Å². The number of aliphatic hydroxyl groups excluding tert-OH is 2.